The second kappa shape index (κ2) is 7.15. The Balaban J connectivity index is 3.17. The van der Waals surface area contributed by atoms with Crippen molar-refractivity contribution < 1.29 is 4.79 Å². The molecule has 0 aromatic rings. The molecule has 0 bridgehead atoms. The van der Waals surface area contributed by atoms with E-state index in [1.54, 1.807) is 0 Å². The first-order valence-corrected chi connectivity index (χ1v) is 3.17. The molecule has 0 fully saturated rings. The molecule has 0 radical (unpaired) electrons. The normalized spacial score (nSPS) is 11.2. The lowest BCUT2D eigenvalue weighted by Crippen LogP contribution is -1.60. The molecule has 1 heteroatoms. The maximum Gasteiger partial charge on any atom is 0.142 e. The fourth-order valence-electron chi connectivity index (χ4n) is 0.476. The van der Waals surface area contributed by atoms with Gasteiger partial charge >= 0.3 is 0 Å². The van der Waals surface area contributed by atoms with Crippen LogP contribution in [0, 0.1) is 0 Å². The van der Waals surface area contributed by atoms with Crippen molar-refractivity contribution in [1.29, 1.82) is 0 Å². The minimum atomic E-state index is 0.791. The Morgan fingerprint density at radius 1 is 1.22 bits per heavy atom. The SMILES string of the molecule is CCC=CCC=CC=O. The van der Waals surface area contributed by atoms with E-state index in [0.29, 0.717) is 0 Å². The zero-order valence-electron chi connectivity index (χ0n) is 5.71. The first kappa shape index (κ1) is 8.15. The third kappa shape index (κ3) is 7.15. The molecule has 0 spiro atoms. The molecule has 50 valence electrons. The van der Waals surface area contributed by atoms with Crippen LogP contribution in [0.15, 0.2) is 24.3 Å². The largest absolute Gasteiger partial charge is 0.299 e. The highest BCUT2D eigenvalue weighted by molar-refractivity contribution is 5.64. The topological polar surface area (TPSA) is 17.1 Å². The minimum Gasteiger partial charge on any atom is -0.299 e. The summed E-state index contributed by atoms with van der Waals surface area (Å²) in [7, 11) is 0. The van der Waals surface area contributed by atoms with E-state index in [1.807, 2.05) is 12.2 Å². The summed E-state index contributed by atoms with van der Waals surface area (Å²) in [5.41, 5.74) is 0. The molecule has 1 nitrogen and oxygen atoms in total. The van der Waals surface area contributed by atoms with Crippen molar-refractivity contribution in [2.24, 2.45) is 0 Å². The van der Waals surface area contributed by atoms with Crippen LogP contribution in [0.3, 0.4) is 0 Å². The predicted octanol–water partition coefficient (Wildman–Crippen LogP) is 2.10. The van der Waals surface area contributed by atoms with Crippen molar-refractivity contribution >= 4 is 6.29 Å². The van der Waals surface area contributed by atoms with Crippen LogP contribution in [0.1, 0.15) is 19.8 Å². The van der Waals surface area contributed by atoms with Gasteiger partial charge in [-0.1, -0.05) is 25.2 Å². The van der Waals surface area contributed by atoms with Gasteiger partial charge in [-0.2, -0.15) is 0 Å². The number of carbonyl (C=O) groups excluding carboxylic acids is 1. The maximum absolute atomic E-state index is 9.73. The summed E-state index contributed by atoms with van der Waals surface area (Å²) in [4.78, 5) is 9.73. The van der Waals surface area contributed by atoms with E-state index in [2.05, 4.69) is 13.0 Å². The molecule has 9 heavy (non-hydrogen) atoms. The monoisotopic (exact) mass is 124 g/mol. The maximum atomic E-state index is 9.73. The van der Waals surface area contributed by atoms with E-state index in [1.165, 1.54) is 6.08 Å². The first-order chi connectivity index (χ1) is 4.41. The van der Waals surface area contributed by atoms with Gasteiger partial charge in [0.05, 0.1) is 0 Å². The molecule has 0 saturated carbocycles. The van der Waals surface area contributed by atoms with Crippen molar-refractivity contribution in [3.05, 3.63) is 24.3 Å². The van der Waals surface area contributed by atoms with Crippen LogP contribution < -0.4 is 0 Å². The zero-order chi connectivity index (χ0) is 6.95. The van der Waals surface area contributed by atoms with Crippen LogP contribution in [0.4, 0.5) is 0 Å². The first-order valence-electron chi connectivity index (χ1n) is 3.17. The van der Waals surface area contributed by atoms with E-state index in [0.717, 1.165) is 19.1 Å². The number of allylic oxidation sites excluding steroid dienone is 4. The summed E-state index contributed by atoms with van der Waals surface area (Å²) < 4.78 is 0. The lowest BCUT2D eigenvalue weighted by Gasteiger charge is -1.77. The lowest BCUT2D eigenvalue weighted by atomic mass is 10.3. The van der Waals surface area contributed by atoms with Crippen molar-refractivity contribution in [1.82, 2.24) is 0 Å². The standard InChI is InChI=1S/C8H12O/c1-2-3-4-5-6-7-8-9/h3-4,6-8H,2,5H2,1H3. The zero-order valence-corrected chi connectivity index (χ0v) is 5.71. The van der Waals surface area contributed by atoms with Gasteiger partial charge in [-0.25, -0.2) is 0 Å². The van der Waals surface area contributed by atoms with Crippen LogP contribution in [0.25, 0.3) is 0 Å². The van der Waals surface area contributed by atoms with Crippen molar-refractivity contribution in [3.63, 3.8) is 0 Å². The van der Waals surface area contributed by atoms with E-state index >= 15 is 0 Å². The van der Waals surface area contributed by atoms with E-state index in [4.69, 9.17) is 0 Å². The second-order valence-electron chi connectivity index (χ2n) is 1.68. The molecule has 0 heterocycles. The summed E-state index contributed by atoms with van der Waals surface area (Å²) in [6, 6.07) is 0. The highest BCUT2D eigenvalue weighted by Gasteiger charge is 1.67. The van der Waals surface area contributed by atoms with E-state index < -0.39 is 0 Å². The molecular weight excluding hydrogens is 112 g/mol. The summed E-state index contributed by atoms with van der Waals surface area (Å²) in [5.74, 6) is 0. The number of hydrogen-bond donors (Lipinski definition) is 0. The second-order valence-corrected chi connectivity index (χ2v) is 1.68. The highest BCUT2D eigenvalue weighted by atomic mass is 16.1. The molecule has 0 atom stereocenters. The van der Waals surface area contributed by atoms with Gasteiger partial charge in [0, 0.05) is 0 Å². The average molecular weight is 124 g/mol. The molecule has 0 rings (SSSR count). The van der Waals surface area contributed by atoms with Gasteiger partial charge in [0.15, 0.2) is 0 Å². The Labute approximate surface area is 56.1 Å². The van der Waals surface area contributed by atoms with Gasteiger partial charge in [-0.05, 0) is 18.9 Å². The molecule has 0 aliphatic carbocycles. The summed E-state index contributed by atoms with van der Waals surface area (Å²) in [6.07, 6.45) is 10.2. The van der Waals surface area contributed by atoms with Gasteiger partial charge in [0.25, 0.3) is 0 Å². The predicted molar refractivity (Wildman–Crippen MR) is 39.3 cm³/mol. The molecule has 0 aromatic carbocycles. The Morgan fingerprint density at radius 2 is 2.00 bits per heavy atom. The third-order valence-electron chi connectivity index (χ3n) is 0.889. The highest BCUT2D eigenvalue weighted by Crippen LogP contribution is 1.86. The molecule has 0 saturated heterocycles. The van der Waals surface area contributed by atoms with Crippen LogP contribution in [-0.4, -0.2) is 6.29 Å². The van der Waals surface area contributed by atoms with Crippen molar-refractivity contribution in [2.45, 2.75) is 19.8 Å². The molecule has 0 N–H and O–H groups in total. The number of hydrogen-bond acceptors (Lipinski definition) is 1. The van der Waals surface area contributed by atoms with E-state index in [-0.39, 0.29) is 0 Å². The minimum absolute atomic E-state index is 0.791. The molecule has 0 amide bonds. The van der Waals surface area contributed by atoms with Gasteiger partial charge in [-0.3, -0.25) is 4.79 Å². The number of aldehydes is 1. The Hall–Kier alpha value is -0.850. The molecule has 0 unspecified atom stereocenters. The van der Waals surface area contributed by atoms with Gasteiger partial charge in [0.2, 0.25) is 0 Å². The quantitative estimate of drug-likeness (QED) is 0.318. The lowest BCUT2D eigenvalue weighted by molar-refractivity contribution is -0.104. The van der Waals surface area contributed by atoms with Crippen LogP contribution in [-0.2, 0) is 4.79 Å². The van der Waals surface area contributed by atoms with Gasteiger partial charge in [0.1, 0.15) is 6.29 Å². The fourth-order valence-corrected chi connectivity index (χ4v) is 0.476. The number of carbonyl (C=O) groups is 1. The van der Waals surface area contributed by atoms with Crippen LogP contribution >= 0.6 is 0 Å². The fraction of sp³-hybridized carbons (Fsp3) is 0.375. The van der Waals surface area contributed by atoms with Crippen LogP contribution in [0.5, 0.6) is 0 Å². The van der Waals surface area contributed by atoms with Gasteiger partial charge in [-0.15, -0.1) is 0 Å². The number of rotatable bonds is 4. The van der Waals surface area contributed by atoms with Gasteiger partial charge < -0.3 is 0 Å². The van der Waals surface area contributed by atoms with E-state index in [9.17, 15) is 4.79 Å². The molecule has 0 aliphatic rings. The Kier molecular flexibility index (Phi) is 6.47. The van der Waals surface area contributed by atoms with Crippen LogP contribution in [0.2, 0.25) is 0 Å². The Morgan fingerprint density at radius 3 is 2.56 bits per heavy atom. The van der Waals surface area contributed by atoms with Crippen molar-refractivity contribution in [3.8, 4) is 0 Å². The smallest absolute Gasteiger partial charge is 0.142 e. The van der Waals surface area contributed by atoms with Crippen molar-refractivity contribution in [2.75, 3.05) is 0 Å². The summed E-state index contributed by atoms with van der Waals surface area (Å²) in [5, 5.41) is 0. The summed E-state index contributed by atoms with van der Waals surface area (Å²) in [6.45, 7) is 2.08. The third-order valence-corrected chi connectivity index (χ3v) is 0.889. The Bertz CT molecular complexity index is 112. The molecular formula is C8H12O. The average Bonchev–Trinajstić information content (AvgIpc) is 1.89. The molecule has 0 aliphatic heterocycles. The summed E-state index contributed by atoms with van der Waals surface area (Å²) >= 11 is 0. The molecule has 0 aromatic heterocycles.